The second-order valence-corrected chi connectivity index (χ2v) is 4.82. The molecule has 1 heterocycles. The molecular formula is C14H19FN2O3. The highest BCUT2D eigenvalue weighted by Crippen LogP contribution is 2.20. The normalized spacial score (nSPS) is 15.8. The van der Waals surface area contributed by atoms with Gasteiger partial charge in [0.1, 0.15) is 12.4 Å². The molecule has 1 aromatic carbocycles. The Morgan fingerprint density at radius 3 is 2.75 bits per heavy atom. The van der Waals surface area contributed by atoms with Gasteiger partial charge >= 0.3 is 6.09 Å². The zero-order chi connectivity index (χ0) is 14.4. The molecule has 20 heavy (non-hydrogen) atoms. The van der Waals surface area contributed by atoms with Gasteiger partial charge in [-0.25, -0.2) is 9.18 Å². The molecule has 6 heteroatoms. The number of carbonyl (C=O) groups is 1. The Balaban J connectivity index is 1.80. The molecule has 0 spiro atoms. The lowest BCUT2D eigenvalue weighted by Crippen LogP contribution is -2.33. The maximum atomic E-state index is 13.6. The van der Waals surface area contributed by atoms with Crippen molar-refractivity contribution in [2.24, 2.45) is 0 Å². The van der Waals surface area contributed by atoms with Crippen molar-refractivity contribution in [3.63, 3.8) is 0 Å². The number of nitrogens with zero attached hydrogens (tertiary/aromatic N) is 1. The summed E-state index contributed by atoms with van der Waals surface area (Å²) >= 11 is 0. The summed E-state index contributed by atoms with van der Waals surface area (Å²) in [5.74, 6) is -0.224. The minimum absolute atomic E-state index is 0.0686. The molecule has 1 aliphatic heterocycles. The van der Waals surface area contributed by atoms with Crippen molar-refractivity contribution in [1.82, 2.24) is 4.90 Å². The Hall–Kier alpha value is -1.82. The summed E-state index contributed by atoms with van der Waals surface area (Å²) in [5.41, 5.74) is -0.0686. The summed E-state index contributed by atoms with van der Waals surface area (Å²) in [4.78, 5) is 12.8. The predicted molar refractivity (Wildman–Crippen MR) is 73.8 cm³/mol. The minimum Gasteiger partial charge on any atom is -0.492 e. The first-order chi connectivity index (χ1) is 9.65. The molecule has 5 nitrogen and oxygen atoms in total. The molecule has 0 unspecified atom stereocenters. The summed E-state index contributed by atoms with van der Waals surface area (Å²) < 4.78 is 19.1. The van der Waals surface area contributed by atoms with E-state index in [9.17, 15) is 9.18 Å². The van der Waals surface area contributed by atoms with Gasteiger partial charge in [-0.3, -0.25) is 10.2 Å². The largest absolute Gasteiger partial charge is 0.492 e. The second kappa shape index (κ2) is 7.09. The molecule has 1 fully saturated rings. The van der Waals surface area contributed by atoms with Gasteiger partial charge in [-0.15, -0.1) is 0 Å². The van der Waals surface area contributed by atoms with Gasteiger partial charge in [0.05, 0.1) is 5.69 Å². The molecule has 0 aromatic heterocycles. The van der Waals surface area contributed by atoms with Gasteiger partial charge in [-0.2, -0.15) is 0 Å². The lowest BCUT2D eigenvalue weighted by atomic mass is 10.1. The van der Waals surface area contributed by atoms with Crippen molar-refractivity contribution in [1.29, 1.82) is 0 Å². The van der Waals surface area contributed by atoms with Crippen molar-refractivity contribution < 1.29 is 19.0 Å². The minimum atomic E-state index is -1.29. The summed E-state index contributed by atoms with van der Waals surface area (Å²) in [6.45, 7) is 3.53. The lowest BCUT2D eigenvalue weighted by molar-refractivity contribution is 0.183. The van der Waals surface area contributed by atoms with Crippen LogP contribution in [0.5, 0.6) is 5.75 Å². The van der Waals surface area contributed by atoms with Gasteiger partial charge in [0.25, 0.3) is 0 Å². The Bertz CT molecular complexity index is 462. The Kier molecular flexibility index (Phi) is 5.17. The van der Waals surface area contributed by atoms with Crippen molar-refractivity contribution in [2.45, 2.75) is 19.3 Å². The van der Waals surface area contributed by atoms with Crippen LogP contribution in [-0.2, 0) is 0 Å². The van der Waals surface area contributed by atoms with Gasteiger partial charge in [0.15, 0.2) is 5.82 Å². The van der Waals surface area contributed by atoms with Gasteiger partial charge in [-0.1, -0.05) is 6.42 Å². The molecule has 2 N–H and O–H groups in total. The SMILES string of the molecule is O=C(O)Nc1ccc(OCCN2CCCCC2)cc1F. The van der Waals surface area contributed by atoms with Crippen molar-refractivity contribution in [2.75, 3.05) is 31.6 Å². The standard InChI is InChI=1S/C14H19FN2O3/c15-12-10-11(4-5-13(12)16-14(18)19)20-9-8-17-6-2-1-3-7-17/h4-5,10,16H,1-3,6-9H2,(H,18,19). The number of hydrogen-bond acceptors (Lipinski definition) is 3. The molecule has 0 radical (unpaired) electrons. The smallest absolute Gasteiger partial charge is 0.409 e. The van der Waals surface area contributed by atoms with Crippen molar-refractivity contribution in [3.8, 4) is 5.75 Å². The third-order valence-corrected chi connectivity index (χ3v) is 3.31. The Labute approximate surface area is 117 Å². The van der Waals surface area contributed by atoms with E-state index in [0.29, 0.717) is 12.4 Å². The van der Waals surface area contributed by atoms with Crippen LogP contribution < -0.4 is 10.1 Å². The van der Waals surface area contributed by atoms with Gasteiger partial charge in [0.2, 0.25) is 0 Å². The summed E-state index contributed by atoms with van der Waals surface area (Å²) in [6, 6.07) is 4.12. The Morgan fingerprint density at radius 2 is 2.10 bits per heavy atom. The molecular weight excluding hydrogens is 263 g/mol. The van der Waals surface area contributed by atoms with Crippen molar-refractivity contribution in [3.05, 3.63) is 24.0 Å². The number of benzene rings is 1. The molecule has 0 bridgehead atoms. The van der Waals surface area contributed by atoms with Crippen LogP contribution in [0.4, 0.5) is 14.9 Å². The number of amides is 1. The number of anilines is 1. The zero-order valence-corrected chi connectivity index (χ0v) is 11.3. The first-order valence-electron chi connectivity index (χ1n) is 6.80. The highest BCUT2D eigenvalue weighted by atomic mass is 19.1. The fourth-order valence-electron chi connectivity index (χ4n) is 2.28. The molecule has 1 aliphatic rings. The number of halogens is 1. The van der Waals surface area contributed by atoms with Crippen LogP contribution >= 0.6 is 0 Å². The summed E-state index contributed by atoms with van der Waals surface area (Å²) in [6.07, 6.45) is 2.46. The molecule has 0 saturated carbocycles. The third kappa shape index (κ3) is 4.38. The van der Waals surface area contributed by atoms with E-state index < -0.39 is 11.9 Å². The Morgan fingerprint density at radius 1 is 1.35 bits per heavy atom. The predicted octanol–water partition coefficient (Wildman–Crippen LogP) is 2.78. The summed E-state index contributed by atoms with van der Waals surface area (Å²) in [7, 11) is 0. The number of ether oxygens (including phenoxy) is 1. The second-order valence-electron chi connectivity index (χ2n) is 4.82. The first-order valence-corrected chi connectivity index (χ1v) is 6.80. The molecule has 0 aliphatic carbocycles. The lowest BCUT2D eigenvalue weighted by Gasteiger charge is -2.26. The number of nitrogens with one attached hydrogen (secondary N) is 1. The molecule has 1 saturated heterocycles. The van der Waals surface area contributed by atoms with Crippen LogP contribution in [0.15, 0.2) is 18.2 Å². The average Bonchev–Trinajstić information content (AvgIpc) is 2.43. The maximum Gasteiger partial charge on any atom is 0.409 e. The van der Waals surface area contributed by atoms with Gasteiger partial charge in [0, 0.05) is 12.6 Å². The van der Waals surface area contributed by atoms with E-state index in [1.165, 1.54) is 31.4 Å². The highest BCUT2D eigenvalue weighted by Gasteiger charge is 2.10. The van der Waals surface area contributed by atoms with Gasteiger partial charge in [-0.05, 0) is 38.1 Å². The highest BCUT2D eigenvalue weighted by molar-refractivity contribution is 5.83. The molecule has 110 valence electrons. The van der Waals surface area contributed by atoms with Crippen LogP contribution in [0.3, 0.4) is 0 Å². The monoisotopic (exact) mass is 282 g/mol. The number of carboxylic acid groups (broad SMARTS) is 1. The molecule has 2 rings (SSSR count). The molecule has 1 aromatic rings. The van der Waals surface area contributed by atoms with Crippen LogP contribution in [-0.4, -0.2) is 42.3 Å². The van der Waals surface area contributed by atoms with Crippen LogP contribution in [0.2, 0.25) is 0 Å². The van der Waals surface area contributed by atoms with E-state index in [4.69, 9.17) is 9.84 Å². The fraction of sp³-hybridized carbons (Fsp3) is 0.500. The maximum absolute atomic E-state index is 13.6. The van der Waals surface area contributed by atoms with E-state index in [1.54, 1.807) is 6.07 Å². The fourth-order valence-corrected chi connectivity index (χ4v) is 2.28. The van der Waals surface area contributed by atoms with E-state index in [0.717, 1.165) is 19.6 Å². The zero-order valence-electron chi connectivity index (χ0n) is 11.3. The van der Waals surface area contributed by atoms with E-state index in [-0.39, 0.29) is 5.69 Å². The molecule has 1 amide bonds. The van der Waals surface area contributed by atoms with Crippen LogP contribution in [0.25, 0.3) is 0 Å². The van der Waals surface area contributed by atoms with Gasteiger partial charge < -0.3 is 9.84 Å². The van der Waals surface area contributed by atoms with E-state index in [1.807, 2.05) is 5.32 Å². The van der Waals surface area contributed by atoms with Crippen molar-refractivity contribution >= 4 is 11.8 Å². The summed E-state index contributed by atoms with van der Waals surface area (Å²) in [5, 5.41) is 10.5. The molecule has 0 atom stereocenters. The number of piperidine rings is 1. The third-order valence-electron chi connectivity index (χ3n) is 3.31. The van der Waals surface area contributed by atoms with Crippen LogP contribution in [0, 0.1) is 5.82 Å². The average molecular weight is 282 g/mol. The number of hydrogen-bond donors (Lipinski definition) is 2. The quantitative estimate of drug-likeness (QED) is 0.871. The van der Waals surface area contributed by atoms with E-state index in [2.05, 4.69) is 4.90 Å². The van der Waals surface area contributed by atoms with E-state index >= 15 is 0 Å². The first kappa shape index (κ1) is 14.6. The number of likely N-dealkylation sites (tertiary alicyclic amines) is 1. The number of rotatable bonds is 5. The topological polar surface area (TPSA) is 61.8 Å². The van der Waals surface area contributed by atoms with Crippen LogP contribution in [0.1, 0.15) is 19.3 Å².